The number of nitrogens with one attached hydrogen (secondary N) is 1. The van der Waals surface area contributed by atoms with Gasteiger partial charge in [-0.15, -0.1) is 0 Å². The van der Waals surface area contributed by atoms with Gasteiger partial charge in [-0.25, -0.2) is 9.97 Å². The lowest BCUT2D eigenvalue weighted by atomic mass is 9.93. The zero-order chi connectivity index (χ0) is 19.2. The number of likely N-dealkylation sites (tertiary alicyclic amines) is 1. The number of carbonyl (C=O) groups is 1. The van der Waals surface area contributed by atoms with Crippen molar-refractivity contribution in [2.24, 2.45) is 5.92 Å². The Hall–Kier alpha value is -2.41. The SMILES string of the molecule is O=C(CCC1CCCN(Cc2cnc[nH]2)C1)N1CCN(c2ccccn2)CC1. The first-order valence-corrected chi connectivity index (χ1v) is 10.4. The van der Waals surface area contributed by atoms with Crippen molar-refractivity contribution < 1.29 is 4.79 Å². The molecule has 1 N–H and O–H groups in total. The van der Waals surface area contributed by atoms with Crippen LogP contribution in [0.1, 0.15) is 31.4 Å². The molecule has 2 saturated heterocycles. The number of hydrogen-bond donors (Lipinski definition) is 1. The maximum Gasteiger partial charge on any atom is 0.222 e. The molecule has 4 rings (SSSR count). The molecule has 2 aliphatic heterocycles. The molecule has 2 aromatic heterocycles. The van der Waals surface area contributed by atoms with E-state index < -0.39 is 0 Å². The summed E-state index contributed by atoms with van der Waals surface area (Å²) < 4.78 is 0. The number of anilines is 1. The van der Waals surface area contributed by atoms with E-state index in [2.05, 4.69) is 24.8 Å². The summed E-state index contributed by atoms with van der Waals surface area (Å²) in [6, 6.07) is 5.99. The number of nitrogens with zero attached hydrogens (tertiary/aromatic N) is 5. The molecule has 0 saturated carbocycles. The van der Waals surface area contributed by atoms with Crippen molar-refractivity contribution in [1.29, 1.82) is 0 Å². The molecule has 0 aliphatic carbocycles. The molecule has 1 amide bonds. The molecule has 7 nitrogen and oxygen atoms in total. The second kappa shape index (κ2) is 9.19. The van der Waals surface area contributed by atoms with Crippen LogP contribution in [0.4, 0.5) is 5.82 Å². The Kier molecular flexibility index (Phi) is 6.21. The van der Waals surface area contributed by atoms with Crippen LogP contribution in [-0.4, -0.2) is 69.9 Å². The van der Waals surface area contributed by atoms with Crippen molar-refractivity contribution in [3.63, 3.8) is 0 Å². The fourth-order valence-corrected chi connectivity index (χ4v) is 4.35. The molecule has 4 heterocycles. The van der Waals surface area contributed by atoms with Gasteiger partial charge in [-0.05, 0) is 43.9 Å². The predicted molar refractivity (Wildman–Crippen MR) is 109 cm³/mol. The maximum atomic E-state index is 12.7. The van der Waals surface area contributed by atoms with Gasteiger partial charge in [-0.1, -0.05) is 6.07 Å². The first-order valence-electron chi connectivity index (χ1n) is 10.4. The first-order chi connectivity index (χ1) is 13.8. The van der Waals surface area contributed by atoms with E-state index in [1.165, 1.54) is 18.5 Å². The third-order valence-electron chi connectivity index (χ3n) is 5.92. The van der Waals surface area contributed by atoms with Gasteiger partial charge in [0.15, 0.2) is 0 Å². The number of H-pyrrole nitrogens is 1. The van der Waals surface area contributed by atoms with Crippen LogP contribution in [0.3, 0.4) is 0 Å². The minimum Gasteiger partial charge on any atom is -0.353 e. The van der Waals surface area contributed by atoms with Crippen molar-refractivity contribution in [3.05, 3.63) is 42.6 Å². The minimum absolute atomic E-state index is 0.311. The molecule has 2 aliphatic rings. The van der Waals surface area contributed by atoms with Gasteiger partial charge in [-0.2, -0.15) is 0 Å². The monoisotopic (exact) mass is 382 g/mol. The Morgan fingerprint density at radius 2 is 2.07 bits per heavy atom. The van der Waals surface area contributed by atoms with E-state index in [0.717, 1.165) is 58.1 Å². The first kappa shape index (κ1) is 18.9. The number of hydrogen-bond acceptors (Lipinski definition) is 5. The van der Waals surface area contributed by atoms with E-state index in [1.54, 1.807) is 6.33 Å². The summed E-state index contributed by atoms with van der Waals surface area (Å²) >= 11 is 0. The van der Waals surface area contributed by atoms with Crippen LogP contribution in [-0.2, 0) is 11.3 Å². The normalized spacial score (nSPS) is 21.1. The van der Waals surface area contributed by atoms with Gasteiger partial charge in [0.25, 0.3) is 0 Å². The zero-order valence-electron chi connectivity index (χ0n) is 16.5. The molecule has 0 spiro atoms. The van der Waals surface area contributed by atoms with Gasteiger partial charge < -0.3 is 14.8 Å². The number of imidazole rings is 1. The summed E-state index contributed by atoms with van der Waals surface area (Å²) in [5, 5.41) is 0. The third-order valence-corrected chi connectivity index (χ3v) is 5.92. The number of rotatable bonds is 6. The van der Waals surface area contributed by atoms with Crippen molar-refractivity contribution >= 4 is 11.7 Å². The van der Waals surface area contributed by atoms with Crippen LogP contribution in [0.5, 0.6) is 0 Å². The van der Waals surface area contributed by atoms with E-state index in [1.807, 2.05) is 35.5 Å². The Morgan fingerprint density at radius 3 is 2.82 bits per heavy atom. The molecule has 0 bridgehead atoms. The highest BCUT2D eigenvalue weighted by Crippen LogP contribution is 2.23. The second-order valence-corrected chi connectivity index (χ2v) is 7.91. The number of carbonyl (C=O) groups excluding carboxylic acids is 1. The summed E-state index contributed by atoms with van der Waals surface area (Å²) in [5.74, 6) is 1.94. The van der Waals surface area contributed by atoms with Crippen LogP contribution in [0, 0.1) is 5.92 Å². The van der Waals surface area contributed by atoms with Crippen LogP contribution < -0.4 is 4.90 Å². The number of amides is 1. The van der Waals surface area contributed by atoms with Gasteiger partial charge in [0.1, 0.15) is 5.82 Å². The average Bonchev–Trinajstić information content (AvgIpc) is 3.26. The number of pyridine rings is 1. The summed E-state index contributed by atoms with van der Waals surface area (Å²) in [5.41, 5.74) is 1.17. The fraction of sp³-hybridized carbons (Fsp3) is 0.571. The smallest absolute Gasteiger partial charge is 0.222 e. The standard InChI is InChI=1S/C21H30N6O/c28-21(27-12-10-26(11-13-27)20-5-1-2-8-23-20)7-6-18-4-3-9-25(15-18)16-19-14-22-17-24-19/h1-2,5,8,14,17-18H,3-4,6-7,9-13,15-16H2,(H,22,24). The lowest BCUT2D eigenvalue weighted by Crippen LogP contribution is -2.49. The quantitative estimate of drug-likeness (QED) is 0.829. The van der Waals surface area contributed by atoms with Crippen molar-refractivity contribution in [2.45, 2.75) is 32.2 Å². The van der Waals surface area contributed by atoms with Crippen LogP contribution in [0.2, 0.25) is 0 Å². The molecule has 1 unspecified atom stereocenters. The van der Waals surface area contributed by atoms with E-state index in [9.17, 15) is 4.79 Å². The molecule has 2 aromatic rings. The molecule has 2 fully saturated rings. The van der Waals surface area contributed by atoms with Crippen molar-refractivity contribution in [3.8, 4) is 0 Å². The summed E-state index contributed by atoms with van der Waals surface area (Å²) in [6.07, 6.45) is 9.59. The number of piperidine rings is 1. The number of piperazine rings is 1. The molecule has 28 heavy (non-hydrogen) atoms. The average molecular weight is 383 g/mol. The molecule has 7 heteroatoms. The highest BCUT2D eigenvalue weighted by Gasteiger charge is 2.24. The third kappa shape index (κ3) is 4.90. The highest BCUT2D eigenvalue weighted by molar-refractivity contribution is 5.76. The van der Waals surface area contributed by atoms with E-state index in [4.69, 9.17) is 0 Å². The number of aromatic nitrogens is 3. The van der Waals surface area contributed by atoms with Gasteiger partial charge in [0, 0.05) is 63.8 Å². The molecule has 0 radical (unpaired) electrons. The fourth-order valence-electron chi connectivity index (χ4n) is 4.35. The van der Waals surface area contributed by atoms with Crippen LogP contribution >= 0.6 is 0 Å². The molecular formula is C21H30N6O. The molecular weight excluding hydrogens is 352 g/mol. The van der Waals surface area contributed by atoms with Crippen molar-refractivity contribution in [2.75, 3.05) is 44.2 Å². The molecule has 150 valence electrons. The van der Waals surface area contributed by atoms with Gasteiger partial charge in [0.05, 0.1) is 6.33 Å². The van der Waals surface area contributed by atoms with Crippen molar-refractivity contribution in [1.82, 2.24) is 24.8 Å². The zero-order valence-corrected chi connectivity index (χ0v) is 16.5. The Morgan fingerprint density at radius 1 is 1.18 bits per heavy atom. The van der Waals surface area contributed by atoms with Crippen LogP contribution in [0.25, 0.3) is 0 Å². The van der Waals surface area contributed by atoms with Crippen LogP contribution in [0.15, 0.2) is 36.9 Å². The molecule has 1 atom stereocenters. The predicted octanol–water partition coefficient (Wildman–Crippen LogP) is 2.15. The van der Waals surface area contributed by atoms with Gasteiger partial charge in [0.2, 0.25) is 5.91 Å². The second-order valence-electron chi connectivity index (χ2n) is 7.91. The lowest BCUT2D eigenvalue weighted by molar-refractivity contribution is -0.131. The Balaban J connectivity index is 1.19. The Labute approximate surface area is 166 Å². The van der Waals surface area contributed by atoms with E-state index in [-0.39, 0.29) is 0 Å². The van der Waals surface area contributed by atoms with Gasteiger partial charge in [-0.3, -0.25) is 9.69 Å². The summed E-state index contributed by atoms with van der Waals surface area (Å²) in [7, 11) is 0. The number of aromatic amines is 1. The van der Waals surface area contributed by atoms with Gasteiger partial charge >= 0.3 is 0 Å². The van der Waals surface area contributed by atoms with E-state index >= 15 is 0 Å². The minimum atomic E-state index is 0.311. The largest absolute Gasteiger partial charge is 0.353 e. The Bertz CT molecular complexity index is 727. The topological polar surface area (TPSA) is 68.4 Å². The summed E-state index contributed by atoms with van der Waals surface area (Å²) in [4.78, 5) is 31.2. The maximum absolute atomic E-state index is 12.7. The highest BCUT2D eigenvalue weighted by atomic mass is 16.2. The van der Waals surface area contributed by atoms with E-state index in [0.29, 0.717) is 18.2 Å². The molecule has 0 aromatic carbocycles. The summed E-state index contributed by atoms with van der Waals surface area (Å²) in [6.45, 7) is 6.48. The lowest BCUT2D eigenvalue weighted by Gasteiger charge is -2.36.